The molecule has 2 atom stereocenters. The first-order valence-corrected chi connectivity index (χ1v) is 12.9. The van der Waals surface area contributed by atoms with Crippen LogP contribution >= 0.6 is 0 Å². The Morgan fingerprint density at radius 2 is 1.84 bits per heavy atom. The fourth-order valence-corrected chi connectivity index (χ4v) is 5.73. The van der Waals surface area contributed by atoms with E-state index in [1.165, 1.54) is 9.87 Å². The number of hydrogen-bond donors (Lipinski definition) is 1. The zero-order chi connectivity index (χ0) is 22.3. The van der Waals surface area contributed by atoms with Crippen LogP contribution < -0.4 is 5.32 Å². The van der Waals surface area contributed by atoms with Crippen LogP contribution in [0.1, 0.15) is 55.3 Å². The molecule has 0 aliphatic carbocycles. The van der Waals surface area contributed by atoms with Crippen molar-refractivity contribution in [3.05, 3.63) is 71.3 Å². The highest BCUT2D eigenvalue weighted by molar-refractivity contribution is 7.89. The van der Waals surface area contributed by atoms with Crippen molar-refractivity contribution in [2.45, 2.75) is 52.0 Å². The molecule has 168 valence electrons. The Bertz CT molecular complexity index is 942. The number of piperidine rings is 1. The van der Waals surface area contributed by atoms with E-state index in [0.29, 0.717) is 13.0 Å². The molecule has 1 fully saturated rings. The van der Waals surface area contributed by atoms with Gasteiger partial charge in [0.25, 0.3) is 0 Å². The summed E-state index contributed by atoms with van der Waals surface area (Å²) < 4.78 is 27.3. The minimum atomic E-state index is -3.36. The van der Waals surface area contributed by atoms with Gasteiger partial charge in [-0.05, 0) is 50.2 Å². The molecule has 6 heteroatoms. The lowest BCUT2D eigenvalue weighted by molar-refractivity contribution is -0.126. The summed E-state index contributed by atoms with van der Waals surface area (Å²) in [5, 5.41) is 3.15. The van der Waals surface area contributed by atoms with Gasteiger partial charge in [0.1, 0.15) is 0 Å². The summed E-state index contributed by atoms with van der Waals surface area (Å²) in [7, 11) is -3.36. The highest BCUT2D eigenvalue weighted by Crippen LogP contribution is 2.23. The molecule has 0 spiro atoms. The van der Waals surface area contributed by atoms with E-state index in [1.54, 1.807) is 0 Å². The Labute approximate surface area is 186 Å². The Morgan fingerprint density at radius 3 is 2.52 bits per heavy atom. The van der Waals surface area contributed by atoms with E-state index in [9.17, 15) is 13.2 Å². The molecule has 3 rings (SSSR count). The zero-order valence-electron chi connectivity index (χ0n) is 18.6. The maximum absolute atomic E-state index is 12.9. The second-order valence-corrected chi connectivity index (χ2v) is 10.6. The van der Waals surface area contributed by atoms with Crippen LogP contribution in [0.4, 0.5) is 0 Å². The van der Waals surface area contributed by atoms with Crippen molar-refractivity contribution < 1.29 is 13.2 Å². The molecule has 1 aliphatic heterocycles. The summed E-state index contributed by atoms with van der Waals surface area (Å²) in [5.41, 5.74) is 3.42. The molecule has 1 aliphatic rings. The summed E-state index contributed by atoms with van der Waals surface area (Å²) in [6.07, 6.45) is 3.57. The number of nitrogens with zero attached hydrogens (tertiary/aromatic N) is 1. The number of sulfonamides is 1. The predicted molar refractivity (Wildman–Crippen MR) is 125 cm³/mol. The molecular formula is C25H34N2O3S. The second kappa shape index (κ2) is 10.9. The predicted octanol–water partition coefficient (Wildman–Crippen LogP) is 4.24. The number of amides is 1. The van der Waals surface area contributed by atoms with Crippen LogP contribution in [0.3, 0.4) is 0 Å². The van der Waals surface area contributed by atoms with Crippen LogP contribution in [0.15, 0.2) is 54.6 Å². The van der Waals surface area contributed by atoms with Crippen LogP contribution in [-0.2, 0) is 21.2 Å². The Kier molecular flexibility index (Phi) is 8.27. The summed E-state index contributed by atoms with van der Waals surface area (Å²) in [5.74, 6) is -0.217. The molecule has 2 aromatic rings. The molecule has 1 amide bonds. The third-order valence-electron chi connectivity index (χ3n) is 6.06. The van der Waals surface area contributed by atoms with Gasteiger partial charge >= 0.3 is 0 Å². The van der Waals surface area contributed by atoms with Gasteiger partial charge in [0.15, 0.2) is 0 Å². The summed E-state index contributed by atoms with van der Waals surface area (Å²) in [6.45, 7) is 4.88. The van der Waals surface area contributed by atoms with Crippen LogP contribution in [0.2, 0.25) is 0 Å². The molecule has 1 saturated heterocycles. The molecule has 5 nitrogen and oxygen atoms in total. The highest BCUT2D eigenvalue weighted by atomic mass is 32.2. The molecule has 0 aromatic heterocycles. The van der Waals surface area contributed by atoms with Gasteiger partial charge in [0.05, 0.1) is 17.7 Å². The minimum absolute atomic E-state index is 0.0448. The Hall–Kier alpha value is -2.18. The number of carbonyl (C=O) groups excluding carboxylic acids is 1. The summed E-state index contributed by atoms with van der Waals surface area (Å²) in [4.78, 5) is 12.9. The number of hydrogen-bond acceptors (Lipinski definition) is 3. The number of carbonyl (C=O) groups is 1. The highest BCUT2D eigenvalue weighted by Gasteiger charge is 2.32. The van der Waals surface area contributed by atoms with Crippen LogP contribution in [-0.4, -0.2) is 37.5 Å². The number of aryl methyl sites for hydroxylation is 2. The first kappa shape index (κ1) is 23.5. The average molecular weight is 443 g/mol. The monoisotopic (exact) mass is 442 g/mol. The maximum atomic E-state index is 12.9. The van der Waals surface area contributed by atoms with Gasteiger partial charge < -0.3 is 5.32 Å². The SMILES string of the molecule is CC[C@H](NC(=O)[C@H]1CCCN(S(=O)(=O)CCCc2ccccc2)C1)c1ccc(C)cc1. The first-order valence-electron chi connectivity index (χ1n) is 11.3. The largest absolute Gasteiger partial charge is 0.349 e. The molecule has 0 saturated carbocycles. The number of rotatable bonds is 9. The van der Waals surface area contributed by atoms with Gasteiger partial charge in [-0.25, -0.2) is 12.7 Å². The van der Waals surface area contributed by atoms with E-state index in [0.717, 1.165) is 36.8 Å². The Balaban J connectivity index is 1.55. The third kappa shape index (κ3) is 6.65. The van der Waals surface area contributed by atoms with E-state index < -0.39 is 10.0 Å². The minimum Gasteiger partial charge on any atom is -0.349 e. The van der Waals surface area contributed by atoms with Gasteiger partial charge in [-0.15, -0.1) is 0 Å². The van der Waals surface area contributed by atoms with Crippen molar-refractivity contribution in [2.24, 2.45) is 5.92 Å². The standard InChI is InChI=1S/C25H34N2O3S/c1-3-24(22-15-13-20(2)14-16-22)26-25(28)23-12-7-17-27(19-23)31(29,30)18-8-11-21-9-5-4-6-10-21/h4-6,9-10,13-16,23-24H,3,7-8,11-12,17-19H2,1-2H3,(H,26,28)/t23-,24-/m0/s1. The molecule has 0 radical (unpaired) electrons. The van der Waals surface area contributed by atoms with Gasteiger partial charge in [0.2, 0.25) is 15.9 Å². The lowest BCUT2D eigenvalue weighted by atomic mass is 9.97. The molecular weight excluding hydrogens is 408 g/mol. The first-order chi connectivity index (χ1) is 14.9. The van der Waals surface area contributed by atoms with E-state index in [2.05, 4.69) is 24.4 Å². The third-order valence-corrected chi connectivity index (χ3v) is 7.99. The van der Waals surface area contributed by atoms with Crippen LogP contribution in [0.5, 0.6) is 0 Å². The van der Waals surface area contributed by atoms with Crippen molar-refractivity contribution in [2.75, 3.05) is 18.8 Å². The number of nitrogens with one attached hydrogen (secondary N) is 1. The van der Waals surface area contributed by atoms with E-state index in [4.69, 9.17) is 0 Å². The smallest absolute Gasteiger partial charge is 0.224 e. The van der Waals surface area contributed by atoms with E-state index in [-0.39, 0.29) is 30.2 Å². The molecule has 0 bridgehead atoms. The van der Waals surface area contributed by atoms with Gasteiger partial charge in [-0.2, -0.15) is 0 Å². The van der Waals surface area contributed by atoms with Gasteiger partial charge in [-0.3, -0.25) is 4.79 Å². The van der Waals surface area contributed by atoms with Crippen LogP contribution in [0, 0.1) is 12.8 Å². The van der Waals surface area contributed by atoms with E-state index in [1.807, 2.05) is 49.4 Å². The van der Waals surface area contributed by atoms with Crippen molar-refractivity contribution >= 4 is 15.9 Å². The summed E-state index contributed by atoms with van der Waals surface area (Å²) in [6, 6.07) is 18.1. The van der Waals surface area contributed by atoms with Crippen LogP contribution in [0.25, 0.3) is 0 Å². The lowest BCUT2D eigenvalue weighted by Crippen LogP contribution is -2.46. The quantitative estimate of drug-likeness (QED) is 0.632. The lowest BCUT2D eigenvalue weighted by Gasteiger charge is -2.32. The molecule has 2 aromatic carbocycles. The van der Waals surface area contributed by atoms with Gasteiger partial charge in [0, 0.05) is 13.1 Å². The maximum Gasteiger partial charge on any atom is 0.224 e. The topological polar surface area (TPSA) is 66.5 Å². The Morgan fingerprint density at radius 1 is 1.13 bits per heavy atom. The fraction of sp³-hybridized carbons (Fsp3) is 0.480. The molecule has 1 N–H and O–H groups in total. The normalized spacial score (nSPS) is 18.5. The summed E-state index contributed by atoms with van der Waals surface area (Å²) >= 11 is 0. The van der Waals surface area contributed by atoms with Gasteiger partial charge in [-0.1, -0.05) is 67.1 Å². The molecule has 31 heavy (non-hydrogen) atoms. The fourth-order valence-electron chi connectivity index (χ4n) is 4.15. The number of benzene rings is 2. The van der Waals surface area contributed by atoms with E-state index >= 15 is 0 Å². The molecule has 0 unspecified atom stereocenters. The van der Waals surface area contributed by atoms with Crippen molar-refractivity contribution in [3.63, 3.8) is 0 Å². The molecule has 1 heterocycles. The average Bonchev–Trinajstić information content (AvgIpc) is 2.78. The second-order valence-electron chi connectivity index (χ2n) is 8.48. The van der Waals surface area contributed by atoms with Crippen molar-refractivity contribution in [1.29, 1.82) is 0 Å². The van der Waals surface area contributed by atoms with Crippen molar-refractivity contribution in [3.8, 4) is 0 Å². The zero-order valence-corrected chi connectivity index (χ0v) is 19.4. The van der Waals surface area contributed by atoms with Crippen molar-refractivity contribution in [1.82, 2.24) is 9.62 Å².